The molecule has 6 aromatic rings. The fourth-order valence-electron chi connectivity index (χ4n) is 9.58. The number of alkyl halides is 1. The molecular formula is C58H85BrCl2N14O8S2. The van der Waals surface area contributed by atoms with Gasteiger partial charge >= 0.3 is 0 Å². The van der Waals surface area contributed by atoms with E-state index >= 15 is 0 Å². The van der Waals surface area contributed by atoms with Gasteiger partial charge in [0.1, 0.15) is 21.5 Å². The molecule has 2 aliphatic rings. The van der Waals surface area contributed by atoms with Gasteiger partial charge in [-0.1, -0.05) is 39.1 Å². The molecule has 27 heteroatoms. The number of anilines is 8. The summed E-state index contributed by atoms with van der Waals surface area (Å²) in [4.78, 5) is 20.3. The summed E-state index contributed by atoms with van der Waals surface area (Å²) in [5.74, 6) is 3.46. The maximum atomic E-state index is 12.9. The second-order valence-corrected chi connectivity index (χ2v) is 28.5. The van der Waals surface area contributed by atoms with Crippen molar-refractivity contribution in [3.63, 3.8) is 0 Å². The minimum Gasteiger partial charge on any atom is -0.489 e. The van der Waals surface area contributed by atoms with E-state index in [-0.39, 0.29) is 61.5 Å². The van der Waals surface area contributed by atoms with Crippen molar-refractivity contribution < 1.29 is 35.8 Å². The molecule has 6 heterocycles. The fourth-order valence-corrected chi connectivity index (χ4v) is 12.4. The van der Waals surface area contributed by atoms with Crippen LogP contribution in [0.2, 0.25) is 10.0 Å². The molecule has 0 amide bonds. The average Bonchev–Trinajstić information content (AvgIpc) is 2.80. The summed E-state index contributed by atoms with van der Waals surface area (Å²) in [5.41, 5.74) is 6.97. The number of sulfone groups is 2. The van der Waals surface area contributed by atoms with Gasteiger partial charge in [-0.25, -0.2) is 26.8 Å². The van der Waals surface area contributed by atoms with E-state index in [4.69, 9.17) is 37.4 Å². The summed E-state index contributed by atoms with van der Waals surface area (Å²) in [5, 5.41) is 24.4. The molecule has 2 aliphatic heterocycles. The van der Waals surface area contributed by atoms with E-state index in [0.29, 0.717) is 17.5 Å². The van der Waals surface area contributed by atoms with Crippen molar-refractivity contribution in [2.24, 2.45) is 14.1 Å². The van der Waals surface area contributed by atoms with Gasteiger partial charge in [0.05, 0.1) is 71.1 Å². The summed E-state index contributed by atoms with van der Waals surface area (Å²) in [6.45, 7) is 25.3. The lowest BCUT2D eigenvalue weighted by Crippen LogP contribution is -2.35. The quantitative estimate of drug-likeness (QED) is 0.0374. The van der Waals surface area contributed by atoms with Crippen LogP contribution < -0.4 is 36.1 Å². The number of hydrogen-bond acceptors (Lipinski definition) is 20. The molecule has 0 saturated carbocycles. The zero-order valence-electron chi connectivity index (χ0n) is 51.3. The summed E-state index contributed by atoms with van der Waals surface area (Å²) < 4.78 is 76.6. The lowest BCUT2D eigenvalue weighted by atomic mass is 9.86. The molecular weight excluding hydrogens is 1240 g/mol. The van der Waals surface area contributed by atoms with Crippen molar-refractivity contribution in [2.75, 3.05) is 86.8 Å². The third-order valence-corrected chi connectivity index (χ3v) is 19.1. The van der Waals surface area contributed by atoms with Crippen LogP contribution >= 0.6 is 39.1 Å². The third-order valence-electron chi connectivity index (χ3n) is 14.0. The standard InChI is InChI=1S/C29H42ClN7O4S.C26H36ClN7O3S.C3H7BrO/c1-18(2)41-26-15-22(21-8-10-37(11-9-21)12-13-40-7)20(5)14-24(26)33-29-31-16-23(30)27(34-29)32-25-17-36(6)35-28(25)42(38,39)19(3)4;1-15(2)37-23-12-19(18-7-9-28-10-8-18)17(5)11-21(23)31-26-29-13-20(27)24(32-26)30-22-14-34(6)33-25(22)38(35,36)16(3)4;1-5-3-2-4/h14-19,21H,8-13H2,1-7H3,(H2,31,32,33,34);11-16,18,28H,7-10H2,1-6H3,(H2,29,30,31,32);2-3H2,1H3. The van der Waals surface area contributed by atoms with E-state index in [1.165, 1.54) is 38.4 Å². The van der Waals surface area contributed by atoms with Gasteiger partial charge < -0.3 is 50.4 Å². The van der Waals surface area contributed by atoms with Crippen molar-refractivity contribution >= 4 is 105 Å². The predicted octanol–water partition coefficient (Wildman–Crippen LogP) is 11.6. The van der Waals surface area contributed by atoms with Gasteiger partial charge in [-0.2, -0.15) is 20.2 Å². The second-order valence-electron chi connectivity index (χ2n) is 22.1. The Kier molecular flexibility index (Phi) is 25.5. The first-order valence-corrected chi connectivity index (χ1v) is 33.5. The summed E-state index contributed by atoms with van der Waals surface area (Å²) in [6, 6.07) is 8.40. The highest BCUT2D eigenvalue weighted by Crippen LogP contribution is 2.40. The van der Waals surface area contributed by atoms with Gasteiger partial charge in [0.2, 0.25) is 41.6 Å². The summed E-state index contributed by atoms with van der Waals surface area (Å²) in [6.07, 6.45) is 10.4. The maximum Gasteiger partial charge on any atom is 0.229 e. The highest BCUT2D eigenvalue weighted by Gasteiger charge is 2.30. The normalized spacial score (nSPS) is 14.5. The largest absolute Gasteiger partial charge is 0.489 e. The Morgan fingerprint density at radius 1 is 0.624 bits per heavy atom. The van der Waals surface area contributed by atoms with Crippen LogP contribution in [-0.2, 0) is 43.2 Å². The first-order chi connectivity index (χ1) is 40.2. The van der Waals surface area contributed by atoms with Crippen LogP contribution in [-0.4, -0.2) is 149 Å². The van der Waals surface area contributed by atoms with E-state index in [2.05, 4.69) is 120 Å². The number of ether oxygens (including phenoxy) is 4. The van der Waals surface area contributed by atoms with Crippen molar-refractivity contribution in [3.8, 4) is 11.5 Å². The summed E-state index contributed by atoms with van der Waals surface area (Å²) in [7, 11) is -0.533. The smallest absolute Gasteiger partial charge is 0.229 e. The number of aromatic nitrogens is 8. The number of methoxy groups -OCH3 is 2. The molecule has 0 atom stereocenters. The Labute approximate surface area is 520 Å². The molecule has 0 bridgehead atoms. The second kappa shape index (κ2) is 31.5. The van der Waals surface area contributed by atoms with Gasteiger partial charge in [0, 0.05) is 52.6 Å². The zero-order valence-corrected chi connectivity index (χ0v) is 56.0. The third kappa shape index (κ3) is 18.8. The minimum atomic E-state index is -3.64. The van der Waals surface area contributed by atoms with E-state index < -0.39 is 30.2 Å². The first kappa shape index (κ1) is 68.7. The number of nitrogens with one attached hydrogen (secondary N) is 5. The molecule has 468 valence electrons. The van der Waals surface area contributed by atoms with E-state index in [1.54, 1.807) is 68.4 Å². The zero-order chi connectivity index (χ0) is 62.3. The fraction of sp³-hybridized carbons (Fsp3) is 0.552. The molecule has 0 aliphatic carbocycles. The van der Waals surface area contributed by atoms with Crippen LogP contribution in [0.15, 0.2) is 59.1 Å². The van der Waals surface area contributed by atoms with Crippen LogP contribution in [0.1, 0.15) is 115 Å². The van der Waals surface area contributed by atoms with Gasteiger partial charge in [-0.3, -0.25) is 9.36 Å². The maximum absolute atomic E-state index is 12.9. The monoisotopic (exact) mass is 1320 g/mol. The Bertz CT molecular complexity index is 3390. The van der Waals surface area contributed by atoms with Gasteiger partial charge in [0.15, 0.2) is 11.6 Å². The number of piperidine rings is 2. The lowest BCUT2D eigenvalue weighted by molar-refractivity contribution is 0.130. The lowest BCUT2D eigenvalue weighted by Gasteiger charge is -2.33. The van der Waals surface area contributed by atoms with Crippen LogP contribution in [0.5, 0.6) is 11.5 Å². The Morgan fingerprint density at radius 3 is 1.40 bits per heavy atom. The number of nitrogens with zero attached hydrogens (tertiary/aromatic N) is 9. The predicted molar refractivity (Wildman–Crippen MR) is 343 cm³/mol. The number of likely N-dealkylation sites (tertiary alicyclic amines) is 1. The molecule has 2 fully saturated rings. The van der Waals surface area contributed by atoms with E-state index in [1.807, 2.05) is 27.7 Å². The molecule has 2 saturated heterocycles. The van der Waals surface area contributed by atoms with Crippen LogP contribution in [0.4, 0.5) is 46.3 Å². The molecule has 22 nitrogen and oxygen atoms in total. The topological polar surface area (TPSA) is 256 Å². The van der Waals surface area contributed by atoms with Crippen LogP contribution in [0, 0.1) is 13.8 Å². The number of benzene rings is 2. The Hall–Kier alpha value is -5.38. The van der Waals surface area contributed by atoms with Gasteiger partial charge in [-0.15, -0.1) is 0 Å². The van der Waals surface area contributed by atoms with Crippen molar-refractivity contribution in [1.29, 1.82) is 0 Å². The molecule has 0 radical (unpaired) electrons. The number of halogens is 3. The highest BCUT2D eigenvalue weighted by atomic mass is 79.9. The first-order valence-electron chi connectivity index (χ1n) is 28.5. The van der Waals surface area contributed by atoms with Gasteiger partial charge in [-0.05, 0) is 179 Å². The molecule has 5 N–H and O–H groups in total. The van der Waals surface area contributed by atoms with Gasteiger partial charge in [0.25, 0.3) is 0 Å². The number of aryl methyl sites for hydroxylation is 4. The molecule has 4 aromatic heterocycles. The number of hydrogen-bond donors (Lipinski definition) is 5. The van der Waals surface area contributed by atoms with E-state index in [0.717, 1.165) is 105 Å². The van der Waals surface area contributed by atoms with Crippen LogP contribution in [0.3, 0.4) is 0 Å². The molecule has 2 aromatic carbocycles. The summed E-state index contributed by atoms with van der Waals surface area (Å²) >= 11 is 16.0. The van der Waals surface area contributed by atoms with Crippen molar-refractivity contribution in [2.45, 2.75) is 140 Å². The Morgan fingerprint density at radius 2 is 1.04 bits per heavy atom. The SMILES string of the molecule is COCCBr.COCCN1CCC(c2cc(OC(C)C)c(Nc3ncc(Cl)c(Nc4cn(C)nc4S(=O)(=O)C(C)C)n3)cc2C)CC1.Cc1cc(Nc2ncc(Cl)c(Nc3cn(C)nc3S(=O)(=O)C(C)C)n2)c(OC(C)C)cc1C1CCNCC1. The average molecular weight is 1320 g/mol. The molecule has 85 heavy (non-hydrogen) atoms. The minimum absolute atomic E-state index is 0.0191. The van der Waals surface area contributed by atoms with Crippen LogP contribution in [0.25, 0.3) is 0 Å². The number of rotatable bonds is 23. The van der Waals surface area contributed by atoms with Crippen molar-refractivity contribution in [1.82, 2.24) is 49.7 Å². The van der Waals surface area contributed by atoms with E-state index in [9.17, 15) is 16.8 Å². The Balaban J connectivity index is 0.000000253. The van der Waals surface area contributed by atoms with Crippen molar-refractivity contribution in [3.05, 3.63) is 81.4 Å². The molecule has 8 rings (SSSR count). The molecule has 0 spiro atoms. The molecule has 0 unspecified atom stereocenters. The highest BCUT2D eigenvalue weighted by molar-refractivity contribution is 9.09.